The van der Waals surface area contributed by atoms with Crippen LogP contribution in [0, 0.1) is 5.82 Å². The Bertz CT molecular complexity index is 881. The van der Waals surface area contributed by atoms with E-state index in [9.17, 15) is 4.39 Å². The largest absolute Gasteiger partial charge is 0.454 e. The van der Waals surface area contributed by atoms with E-state index in [0.29, 0.717) is 37.8 Å². The molecule has 0 unspecified atom stereocenters. The van der Waals surface area contributed by atoms with Crippen LogP contribution in [0.15, 0.2) is 47.5 Å². The molecule has 1 fully saturated rings. The Morgan fingerprint density at radius 1 is 1.07 bits per heavy atom. The van der Waals surface area contributed by atoms with Gasteiger partial charge in [-0.05, 0) is 36.6 Å². The average molecular weight is 399 g/mol. The minimum absolute atomic E-state index is 0.102. The van der Waals surface area contributed by atoms with Gasteiger partial charge in [-0.3, -0.25) is 4.99 Å². The van der Waals surface area contributed by atoms with Gasteiger partial charge in [0, 0.05) is 44.3 Å². The molecule has 6 nitrogen and oxygen atoms in total. The van der Waals surface area contributed by atoms with Crippen LogP contribution in [0.2, 0.25) is 0 Å². The van der Waals surface area contributed by atoms with Crippen LogP contribution in [0.1, 0.15) is 24.0 Å². The summed E-state index contributed by atoms with van der Waals surface area (Å²) in [5.74, 6) is 1.98. The molecule has 0 bridgehead atoms. The zero-order valence-corrected chi connectivity index (χ0v) is 16.5. The Morgan fingerprint density at radius 3 is 2.66 bits per heavy atom. The Labute approximate surface area is 170 Å². The second-order valence-electron chi connectivity index (χ2n) is 7.33. The van der Waals surface area contributed by atoms with Crippen molar-refractivity contribution in [3.05, 3.63) is 59.4 Å². The third-order valence-corrected chi connectivity index (χ3v) is 5.66. The first-order valence-corrected chi connectivity index (χ1v) is 9.86. The number of benzene rings is 2. The Morgan fingerprint density at radius 2 is 1.86 bits per heavy atom. The monoisotopic (exact) mass is 399 g/mol. The number of nitrogens with one attached hydrogen (secondary N) is 2. The van der Waals surface area contributed by atoms with Gasteiger partial charge in [0.05, 0.1) is 0 Å². The van der Waals surface area contributed by atoms with E-state index in [1.165, 1.54) is 11.6 Å². The molecule has 0 spiro atoms. The fourth-order valence-electron chi connectivity index (χ4n) is 3.85. The maximum atomic E-state index is 13.9. The van der Waals surface area contributed by atoms with Crippen LogP contribution in [-0.2, 0) is 16.7 Å². The van der Waals surface area contributed by atoms with Crippen molar-refractivity contribution in [3.63, 3.8) is 0 Å². The maximum Gasteiger partial charge on any atom is 0.231 e. The van der Waals surface area contributed by atoms with Crippen LogP contribution in [0.4, 0.5) is 4.39 Å². The van der Waals surface area contributed by atoms with E-state index in [-0.39, 0.29) is 18.0 Å². The molecule has 2 aromatic carbocycles. The van der Waals surface area contributed by atoms with Crippen molar-refractivity contribution in [2.75, 3.05) is 33.6 Å². The molecule has 2 N–H and O–H groups in total. The highest BCUT2D eigenvalue weighted by Crippen LogP contribution is 2.40. The molecule has 0 saturated carbocycles. The van der Waals surface area contributed by atoms with Gasteiger partial charge in [0.25, 0.3) is 0 Å². The van der Waals surface area contributed by atoms with Crippen LogP contribution < -0.4 is 20.1 Å². The predicted octanol–water partition coefficient (Wildman–Crippen LogP) is 2.97. The van der Waals surface area contributed by atoms with Gasteiger partial charge in [-0.25, -0.2) is 4.39 Å². The number of ether oxygens (including phenoxy) is 3. The zero-order valence-electron chi connectivity index (χ0n) is 16.5. The highest BCUT2D eigenvalue weighted by Gasteiger charge is 2.35. The van der Waals surface area contributed by atoms with Crippen LogP contribution in [0.3, 0.4) is 0 Å². The summed E-state index contributed by atoms with van der Waals surface area (Å²) in [5.41, 5.74) is 1.70. The first kappa shape index (κ1) is 19.5. The van der Waals surface area contributed by atoms with Gasteiger partial charge in [0.15, 0.2) is 17.5 Å². The van der Waals surface area contributed by atoms with Gasteiger partial charge in [-0.2, -0.15) is 0 Å². The van der Waals surface area contributed by atoms with Crippen molar-refractivity contribution in [3.8, 4) is 11.5 Å². The lowest BCUT2D eigenvalue weighted by atomic mass is 9.74. The van der Waals surface area contributed by atoms with E-state index in [0.717, 1.165) is 24.3 Å². The summed E-state index contributed by atoms with van der Waals surface area (Å²) in [7, 11) is 1.72. The molecule has 2 aromatic rings. The number of hydrogen-bond acceptors (Lipinski definition) is 4. The third kappa shape index (κ3) is 4.29. The summed E-state index contributed by atoms with van der Waals surface area (Å²) in [4.78, 5) is 4.30. The van der Waals surface area contributed by atoms with Gasteiger partial charge in [-0.15, -0.1) is 0 Å². The molecule has 0 amide bonds. The lowest BCUT2D eigenvalue weighted by Crippen LogP contribution is -2.48. The SMILES string of the molecule is CN=C(NCc1ccccc1F)NCC1(c2ccc3c(c2)OCO3)CCOCC1. The van der Waals surface area contributed by atoms with E-state index in [2.05, 4.69) is 27.8 Å². The van der Waals surface area contributed by atoms with Crippen molar-refractivity contribution < 1.29 is 18.6 Å². The molecule has 7 heteroatoms. The van der Waals surface area contributed by atoms with Crippen molar-refractivity contribution in [1.29, 1.82) is 0 Å². The number of nitrogens with zero attached hydrogens (tertiary/aromatic N) is 1. The molecule has 2 aliphatic rings. The number of hydrogen-bond donors (Lipinski definition) is 2. The third-order valence-electron chi connectivity index (χ3n) is 5.66. The summed E-state index contributed by atoms with van der Waals surface area (Å²) < 4.78 is 30.5. The molecule has 29 heavy (non-hydrogen) atoms. The number of rotatable bonds is 5. The van der Waals surface area contributed by atoms with Gasteiger partial charge in [0.2, 0.25) is 6.79 Å². The second-order valence-corrected chi connectivity index (χ2v) is 7.33. The zero-order chi connectivity index (χ0) is 20.1. The number of fused-ring (bicyclic) bond motifs is 1. The van der Waals surface area contributed by atoms with E-state index in [1.807, 2.05) is 12.1 Å². The quantitative estimate of drug-likeness (QED) is 0.598. The molecule has 0 aliphatic carbocycles. The lowest BCUT2D eigenvalue weighted by Gasteiger charge is -2.38. The topological polar surface area (TPSA) is 64.1 Å². The highest BCUT2D eigenvalue weighted by atomic mass is 19.1. The molecule has 0 radical (unpaired) electrons. The van der Waals surface area contributed by atoms with E-state index in [1.54, 1.807) is 19.2 Å². The second kappa shape index (κ2) is 8.69. The van der Waals surface area contributed by atoms with Gasteiger partial charge < -0.3 is 24.8 Å². The number of aliphatic imine (C=N–C) groups is 1. The Hall–Kier alpha value is -2.80. The Balaban J connectivity index is 1.46. The van der Waals surface area contributed by atoms with E-state index in [4.69, 9.17) is 14.2 Å². The minimum Gasteiger partial charge on any atom is -0.454 e. The number of halogens is 1. The van der Waals surface area contributed by atoms with E-state index >= 15 is 0 Å². The Kier molecular flexibility index (Phi) is 5.85. The smallest absolute Gasteiger partial charge is 0.231 e. The molecule has 0 aromatic heterocycles. The lowest BCUT2D eigenvalue weighted by molar-refractivity contribution is 0.0513. The standard InChI is InChI=1S/C22H26FN3O3/c1-24-21(25-13-16-4-2-3-5-18(16)23)26-14-22(8-10-27-11-9-22)17-6-7-19-20(12-17)29-15-28-19/h2-7,12H,8-11,13-15H2,1H3,(H2,24,25,26). The van der Waals surface area contributed by atoms with E-state index < -0.39 is 0 Å². The van der Waals surface area contributed by atoms with Gasteiger partial charge in [0.1, 0.15) is 5.82 Å². The van der Waals surface area contributed by atoms with Crippen molar-refractivity contribution in [1.82, 2.24) is 10.6 Å². The van der Waals surface area contributed by atoms with Crippen molar-refractivity contribution in [2.45, 2.75) is 24.8 Å². The first-order chi connectivity index (χ1) is 14.2. The maximum absolute atomic E-state index is 13.9. The van der Waals surface area contributed by atoms with Crippen LogP contribution in [0.5, 0.6) is 11.5 Å². The summed E-state index contributed by atoms with van der Waals surface area (Å²) in [6.07, 6.45) is 1.79. The molecule has 0 atom stereocenters. The normalized spacial score (nSPS) is 17.8. The predicted molar refractivity (Wildman–Crippen MR) is 109 cm³/mol. The van der Waals surface area contributed by atoms with Crippen LogP contribution >= 0.6 is 0 Å². The number of guanidine groups is 1. The molecular weight excluding hydrogens is 373 g/mol. The van der Waals surface area contributed by atoms with Crippen molar-refractivity contribution >= 4 is 5.96 Å². The van der Waals surface area contributed by atoms with Crippen LogP contribution in [-0.4, -0.2) is 39.6 Å². The highest BCUT2D eigenvalue weighted by molar-refractivity contribution is 5.79. The molecule has 4 rings (SSSR count). The average Bonchev–Trinajstić information content (AvgIpc) is 3.23. The molecule has 2 aliphatic heterocycles. The van der Waals surface area contributed by atoms with Crippen LogP contribution in [0.25, 0.3) is 0 Å². The molecule has 154 valence electrons. The first-order valence-electron chi connectivity index (χ1n) is 9.86. The summed E-state index contributed by atoms with van der Waals surface area (Å²) in [6, 6.07) is 12.9. The van der Waals surface area contributed by atoms with Gasteiger partial charge in [-0.1, -0.05) is 24.3 Å². The summed E-state index contributed by atoms with van der Waals surface area (Å²) in [6.45, 7) is 2.73. The molecular formula is C22H26FN3O3. The molecule has 1 saturated heterocycles. The minimum atomic E-state index is -0.225. The fraction of sp³-hybridized carbons (Fsp3) is 0.409. The van der Waals surface area contributed by atoms with Gasteiger partial charge >= 0.3 is 0 Å². The fourth-order valence-corrected chi connectivity index (χ4v) is 3.85. The van der Waals surface area contributed by atoms with Crippen molar-refractivity contribution in [2.24, 2.45) is 4.99 Å². The summed E-state index contributed by atoms with van der Waals surface area (Å²) >= 11 is 0. The molecule has 2 heterocycles. The summed E-state index contributed by atoms with van der Waals surface area (Å²) in [5, 5.41) is 6.62.